The molecule has 1 aromatic heterocycles. The van der Waals surface area contributed by atoms with E-state index in [0.29, 0.717) is 18.0 Å². The molecule has 1 atom stereocenters. The average Bonchev–Trinajstić information content (AvgIpc) is 2.70. The van der Waals surface area contributed by atoms with Crippen molar-refractivity contribution in [3.63, 3.8) is 0 Å². The Kier molecular flexibility index (Phi) is 2.32. The van der Waals surface area contributed by atoms with E-state index in [0.717, 1.165) is 0 Å². The molecule has 1 N–H and O–H groups in total. The van der Waals surface area contributed by atoms with Crippen LogP contribution in [0.25, 0.3) is 0 Å². The Bertz CT molecular complexity index is 422. The van der Waals surface area contributed by atoms with Crippen molar-refractivity contribution in [2.75, 3.05) is 11.5 Å². The van der Waals surface area contributed by atoms with Gasteiger partial charge in [-0.2, -0.15) is 0 Å². The maximum Gasteiger partial charge on any atom is 0.198 e. The highest BCUT2D eigenvalue weighted by Gasteiger charge is 2.32. The van der Waals surface area contributed by atoms with E-state index in [4.69, 9.17) is 9.52 Å². The lowest BCUT2D eigenvalue weighted by atomic mass is 10.1. The first-order valence-electron chi connectivity index (χ1n) is 4.36. The van der Waals surface area contributed by atoms with Gasteiger partial charge in [0.2, 0.25) is 0 Å². The van der Waals surface area contributed by atoms with Crippen LogP contribution < -0.4 is 0 Å². The van der Waals surface area contributed by atoms with Gasteiger partial charge in [-0.1, -0.05) is 0 Å². The number of hydrogen-bond donors (Lipinski definition) is 1. The predicted molar refractivity (Wildman–Crippen MR) is 48.4 cm³/mol. The van der Waals surface area contributed by atoms with E-state index in [1.54, 1.807) is 0 Å². The summed E-state index contributed by atoms with van der Waals surface area (Å²) in [7, 11) is -2.90. The van der Waals surface area contributed by atoms with Crippen LogP contribution in [0, 0.1) is 0 Å². The minimum Gasteiger partial charge on any atom is -0.448 e. The lowest BCUT2D eigenvalue weighted by molar-refractivity contribution is 0.276. The van der Waals surface area contributed by atoms with Crippen LogP contribution in [0.3, 0.4) is 0 Å². The monoisotopic (exact) mass is 217 g/mol. The summed E-state index contributed by atoms with van der Waals surface area (Å²) in [6.07, 6.45) is 1.92. The van der Waals surface area contributed by atoms with E-state index in [2.05, 4.69) is 4.98 Å². The first kappa shape index (κ1) is 9.67. The molecule has 0 radical (unpaired) electrons. The van der Waals surface area contributed by atoms with E-state index < -0.39 is 9.84 Å². The highest BCUT2D eigenvalue weighted by molar-refractivity contribution is 7.91. The molecule has 1 unspecified atom stereocenters. The van der Waals surface area contributed by atoms with E-state index in [1.165, 1.54) is 6.26 Å². The standard InChI is InChI=1S/C8H11NO4S/c10-3-7-4-13-8(9-7)6-1-2-14(11,12)5-6/h4,6,10H,1-3,5H2. The second-order valence-electron chi connectivity index (χ2n) is 3.44. The number of rotatable bonds is 2. The molecule has 6 heteroatoms. The molecular formula is C8H11NO4S. The molecule has 5 nitrogen and oxygen atoms in total. The topological polar surface area (TPSA) is 80.4 Å². The van der Waals surface area contributed by atoms with Crippen LogP contribution in [0.5, 0.6) is 0 Å². The van der Waals surface area contributed by atoms with Gasteiger partial charge in [-0.05, 0) is 6.42 Å². The maximum absolute atomic E-state index is 11.2. The third-order valence-electron chi connectivity index (χ3n) is 2.31. The SMILES string of the molecule is O=S1(=O)CCC(c2nc(CO)co2)C1. The number of hydrogen-bond acceptors (Lipinski definition) is 5. The molecule has 0 bridgehead atoms. The quantitative estimate of drug-likeness (QED) is 0.758. The molecule has 0 amide bonds. The van der Waals surface area contributed by atoms with Crippen LogP contribution in [-0.4, -0.2) is 30.0 Å². The third-order valence-corrected chi connectivity index (χ3v) is 4.08. The van der Waals surface area contributed by atoms with Crippen molar-refractivity contribution in [3.8, 4) is 0 Å². The largest absolute Gasteiger partial charge is 0.448 e. The molecule has 14 heavy (non-hydrogen) atoms. The molecule has 2 heterocycles. The van der Waals surface area contributed by atoms with Crippen molar-refractivity contribution in [1.82, 2.24) is 4.98 Å². The average molecular weight is 217 g/mol. The summed E-state index contributed by atoms with van der Waals surface area (Å²) >= 11 is 0. The lowest BCUT2D eigenvalue weighted by Gasteiger charge is -1.99. The van der Waals surface area contributed by atoms with Crippen LogP contribution >= 0.6 is 0 Å². The van der Waals surface area contributed by atoms with E-state index in [9.17, 15) is 8.42 Å². The first-order valence-corrected chi connectivity index (χ1v) is 6.18. The highest BCUT2D eigenvalue weighted by Crippen LogP contribution is 2.28. The van der Waals surface area contributed by atoms with E-state index in [-0.39, 0.29) is 24.0 Å². The number of aliphatic hydroxyl groups excluding tert-OH is 1. The summed E-state index contributed by atoms with van der Waals surface area (Å²) in [5, 5.41) is 8.76. The van der Waals surface area contributed by atoms with Gasteiger partial charge in [0.25, 0.3) is 0 Å². The Morgan fingerprint density at radius 1 is 1.64 bits per heavy atom. The summed E-state index contributed by atoms with van der Waals surface area (Å²) in [6, 6.07) is 0. The van der Waals surface area contributed by atoms with Gasteiger partial charge in [-0.25, -0.2) is 13.4 Å². The Labute approximate surface area is 81.7 Å². The predicted octanol–water partition coefficient (Wildman–Crippen LogP) is 0.0690. The molecule has 1 aliphatic rings. The van der Waals surface area contributed by atoms with Crippen LogP contribution in [0.4, 0.5) is 0 Å². The molecular weight excluding hydrogens is 206 g/mol. The molecule has 0 spiro atoms. The van der Waals surface area contributed by atoms with Crippen molar-refractivity contribution in [3.05, 3.63) is 17.8 Å². The van der Waals surface area contributed by atoms with Crippen molar-refractivity contribution in [1.29, 1.82) is 0 Å². The summed E-state index contributed by atoms with van der Waals surface area (Å²) in [4.78, 5) is 4.00. The van der Waals surface area contributed by atoms with Gasteiger partial charge in [-0.3, -0.25) is 0 Å². The molecule has 1 saturated heterocycles. The van der Waals surface area contributed by atoms with Gasteiger partial charge in [-0.15, -0.1) is 0 Å². The zero-order valence-electron chi connectivity index (χ0n) is 7.51. The molecule has 1 aliphatic heterocycles. The minimum absolute atomic E-state index is 0.110. The number of nitrogens with zero attached hydrogens (tertiary/aromatic N) is 1. The molecule has 0 aliphatic carbocycles. The van der Waals surface area contributed by atoms with Crippen LogP contribution in [0.2, 0.25) is 0 Å². The van der Waals surface area contributed by atoms with E-state index in [1.807, 2.05) is 0 Å². The summed E-state index contributed by atoms with van der Waals surface area (Å²) in [6.45, 7) is -0.178. The number of aliphatic hydroxyl groups is 1. The Balaban J connectivity index is 2.17. The van der Waals surface area contributed by atoms with Crippen molar-refractivity contribution >= 4 is 9.84 Å². The van der Waals surface area contributed by atoms with Gasteiger partial charge >= 0.3 is 0 Å². The van der Waals surface area contributed by atoms with Crippen molar-refractivity contribution in [2.24, 2.45) is 0 Å². The Morgan fingerprint density at radius 3 is 2.93 bits per heavy atom. The Morgan fingerprint density at radius 2 is 2.43 bits per heavy atom. The van der Waals surface area contributed by atoms with Crippen LogP contribution in [0.1, 0.15) is 23.9 Å². The zero-order valence-corrected chi connectivity index (χ0v) is 8.33. The minimum atomic E-state index is -2.90. The molecule has 0 aromatic carbocycles. The smallest absolute Gasteiger partial charge is 0.198 e. The molecule has 1 fully saturated rings. The molecule has 2 rings (SSSR count). The van der Waals surface area contributed by atoms with Crippen LogP contribution in [-0.2, 0) is 16.4 Å². The number of oxazole rings is 1. The first-order chi connectivity index (χ1) is 6.61. The maximum atomic E-state index is 11.2. The summed E-state index contributed by atoms with van der Waals surface area (Å²) in [5.41, 5.74) is 0.448. The second kappa shape index (κ2) is 3.36. The van der Waals surface area contributed by atoms with Gasteiger partial charge < -0.3 is 9.52 Å². The summed E-state index contributed by atoms with van der Waals surface area (Å²) in [5.74, 6) is 0.600. The van der Waals surface area contributed by atoms with Crippen molar-refractivity contribution in [2.45, 2.75) is 18.9 Å². The van der Waals surface area contributed by atoms with Gasteiger partial charge in [0, 0.05) is 0 Å². The van der Waals surface area contributed by atoms with Gasteiger partial charge in [0.15, 0.2) is 15.7 Å². The van der Waals surface area contributed by atoms with Gasteiger partial charge in [0.1, 0.15) is 12.0 Å². The Hall–Kier alpha value is -0.880. The van der Waals surface area contributed by atoms with E-state index >= 15 is 0 Å². The fourth-order valence-electron chi connectivity index (χ4n) is 1.57. The van der Waals surface area contributed by atoms with Gasteiger partial charge in [0.05, 0.1) is 24.0 Å². The van der Waals surface area contributed by atoms with Crippen LogP contribution in [0.15, 0.2) is 10.7 Å². The fraction of sp³-hybridized carbons (Fsp3) is 0.625. The fourth-order valence-corrected chi connectivity index (χ4v) is 3.31. The normalized spacial score (nSPS) is 25.4. The second-order valence-corrected chi connectivity index (χ2v) is 5.66. The zero-order chi connectivity index (χ0) is 10.2. The molecule has 0 saturated carbocycles. The number of aromatic nitrogens is 1. The number of sulfone groups is 1. The lowest BCUT2D eigenvalue weighted by Crippen LogP contribution is -2.04. The molecule has 1 aromatic rings. The highest BCUT2D eigenvalue weighted by atomic mass is 32.2. The van der Waals surface area contributed by atoms with Crippen molar-refractivity contribution < 1.29 is 17.9 Å². The third kappa shape index (κ3) is 1.80. The summed E-state index contributed by atoms with van der Waals surface area (Å²) < 4.78 is 27.4. The molecule has 78 valence electrons.